The Morgan fingerprint density at radius 1 is 1.38 bits per heavy atom. The Hall–Kier alpha value is -2.85. The topological polar surface area (TPSA) is 102 Å². The summed E-state index contributed by atoms with van der Waals surface area (Å²) in [6.45, 7) is 2.80. The number of likely N-dealkylation sites (tertiary alicyclic amines) is 1. The lowest BCUT2D eigenvalue weighted by molar-refractivity contribution is -0.384. The van der Waals surface area contributed by atoms with E-state index in [-0.39, 0.29) is 31.2 Å². The molecule has 11 heteroatoms. The molecule has 1 aromatic rings. The Bertz CT molecular complexity index is 770. The van der Waals surface area contributed by atoms with Gasteiger partial charge < -0.3 is 15.0 Å². The molecule has 1 saturated heterocycles. The molecule has 1 N–H and O–H groups in total. The first kappa shape index (κ1) is 22.4. The predicted molar refractivity (Wildman–Crippen MR) is 97.1 cm³/mol. The summed E-state index contributed by atoms with van der Waals surface area (Å²) in [7, 11) is 0. The van der Waals surface area contributed by atoms with Crippen molar-refractivity contribution in [2.24, 2.45) is 5.92 Å². The molecule has 0 aliphatic carbocycles. The molecular formula is C18H22F3N3O5. The number of halogens is 3. The van der Waals surface area contributed by atoms with E-state index >= 15 is 0 Å². The Labute approximate surface area is 165 Å². The minimum absolute atomic E-state index is 0.0972. The molecule has 1 heterocycles. The summed E-state index contributed by atoms with van der Waals surface area (Å²) >= 11 is 0. The van der Waals surface area contributed by atoms with Gasteiger partial charge >= 0.3 is 12.1 Å². The number of carbonyl (C=O) groups is 2. The average Bonchev–Trinajstić information content (AvgIpc) is 2.65. The molecule has 0 aromatic heterocycles. The van der Waals surface area contributed by atoms with Crippen LogP contribution in [-0.2, 0) is 20.5 Å². The summed E-state index contributed by atoms with van der Waals surface area (Å²) in [4.78, 5) is 35.5. The highest BCUT2D eigenvalue weighted by molar-refractivity contribution is 5.81. The lowest BCUT2D eigenvalue weighted by Gasteiger charge is -2.30. The first-order valence-corrected chi connectivity index (χ1v) is 9.11. The molecule has 0 spiro atoms. The fourth-order valence-electron chi connectivity index (χ4n) is 3.03. The number of amides is 1. The number of ether oxygens (including phenoxy) is 1. The van der Waals surface area contributed by atoms with Crippen molar-refractivity contribution < 1.29 is 32.4 Å². The van der Waals surface area contributed by atoms with Gasteiger partial charge in [-0.3, -0.25) is 19.7 Å². The number of nitrogens with one attached hydrogen (secondary N) is 1. The molecule has 0 unspecified atom stereocenters. The number of piperidine rings is 1. The molecule has 1 aliphatic rings. The van der Waals surface area contributed by atoms with Crippen molar-refractivity contribution in [3.05, 3.63) is 33.9 Å². The molecule has 0 saturated carbocycles. The largest absolute Gasteiger partial charge is 0.456 e. The van der Waals surface area contributed by atoms with Gasteiger partial charge in [0.15, 0.2) is 6.61 Å². The monoisotopic (exact) mass is 417 g/mol. The van der Waals surface area contributed by atoms with Crippen LogP contribution in [0.15, 0.2) is 18.2 Å². The van der Waals surface area contributed by atoms with Gasteiger partial charge in [0, 0.05) is 25.7 Å². The van der Waals surface area contributed by atoms with Crippen LogP contribution >= 0.6 is 0 Å². The van der Waals surface area contributed by atoms with Crippen molar-refractivity contribution in [1.82, 2.24) is 4.90 Å². The summed E-state index contributed by atoms with van der Waals surface area (Å²) < 4.78 is 43.0. The second-order valence-corrected chi connectivity index (χ2v) is 6.91. The van der Waals surface area contributed by atoms with E-state index < -0.39 is 28.3 Å². The predicted octanol–water partition coefficient (Wildman–Crippen LogP) is 3.22. The number of alkyl halides is 3. The lowest BCUT2D eigenvalue weighted by Crippen LogP contribution is -2.41. The SMILES string of the molecule is C[C@H]1CCCN(C(=O)COC(=O)CCNc2ccc(C(F)(F)F)cc2[N+](=O)[O-])C1. The van der Waals surface area contributed by atoms with Crippen LogP contribution in [0.2, 0.25) is 0 Å². The van der Waals surface area contributed by atoms with Crippen LogP contribution in [0, 0.1) is 16.0 Å². The number of nitro groups is 1. The van der Waals surface area contributed by atoms with E-state index in [0.29, 0.717) is 31.1 Å². The van der Waals surface area contributed by atoms with Gasteiger partial charge in [0.25, 0.3) is 11.6 Å². The van der Waals surface area contributed by atoms with Gasteiger partial charge in [-0.05, 0) is 30.9 Å². The summed E-state index contributed by atoms with van der Waals surface area (Å²) in [6.07, 6.45) is -2.96. The smallest absolute Gasteiger partial charge is 0.416 e. The first-order valence-electron chi connectivity index (χ1n) is 9.11. The molecule has 1 fully saturated rings. The third-order valence-electron chi connectivity index (χ3n) is 4.53. The van der Waals surface area contributed by atoms with Crippen LogP contribution in [0.3, 0.4) is 0 Å². The van der Waals surface area contributed by atoms with Crippen LogP contribution in [0.25, 0.3) is 0 Å². The van der Waals surface area contributed by atoms with Gasteiger partial charge in [0.1, 0.15) is 5.69 Å². The van der Waals surface area contributed by atoms with E-state index in [4.69, 9.17) is 4.74 Å². The van der Waals surface area contributed by atoms with Gasteiger partial charge in [-0.2, -0.15) is 13.2 Å². The number of anilines is 1. The zero-order valence-electron chi connectivity index (χ0n) is 15.8. The number of carbonyl (C=O) groups excluding carboxylic acids is 2. The number of nitro benzene ring substituents is 1. The summed E-state index contributed by atoms with van der Waals surface area (Å²) in [6, 6.07) is 2.08. The fourth-order valence-corrected chi connectivity index (χ4v) is 3.03. The Kier molecular flexibility index (Phi) is 7.40. The fraction of sp³-hybridized carbons (Fsp3) is 0.556. The van der Waals surface area contributed by atoms with Crippen molar-refractivity contribution in [1.29, 1.82) is 0 Å². The van der Waals surface area contributed by atoms with Crippen molar-refractivity contribution in [2.45, 2.75) is 32.4 Å². The molecule has 1 atom stereocenters. The van der Waals surface area contributed by atoms with Crippen molar-refractivity contribution in [3.63, 3.8) is 0 Å². The van der Waals surface area contributed by atoms with Crippen LogP contribution < -0.4 is 5.32 Å². The first-order chi connectivity index (χ1) is 13.6. The van der Waals surface area contributed by atoms with Crippen LogP contribution in [0.4, 0.5) is 24.5 Å². The molecule has 1 amide bonds. The maximum absolute atomic E-state index is 12.7. The number of hydrogen-bond donors (Lipinski definition) is 1. The molecule has 1 aliphatic heterocycles. The Morgan fingerprint density at radius 3 is 2.72 bits per heavy atom. The minimum atomic E-state index is -4.70. The number of rotatable bonds is 7. The quantitative estimate of drug-likeness (QED) is 0.415. The normalized spacial score (nSPS) is 17.0. The highest BCUT2D eigenvalue weighted by Crippen LogP contribution is 2.34. The van der Waals surface area contributed by atoms with Gasteiger partial charge in [0.2, 0.25) is 0 Å². The molecule has 160 valence electrons. The Morgan fingerprint density at radius 2 is 2.10 bits per heavy atom. The molecular weight excluding hydrogens is 395 g/mol. The lowest BCUT2D eigenvalue weighted by atomic mass is 10.0. The molecule has 0 radical (unpaired) electrons. The van der Waals surface area contributed by atoms with Gasteiger partial charge in [-0.15, -0.1) is 0 Å². The van der Waals surface area contributed by atoms with Gasteiger partial charge in [0.05, 0.1) is 16.9 Å². The molecule has 8 nitrogen and oxygen atoms in total. The van der Waals surface area contributed by atoms with Crippen LogP contribution in [0.5, 0.6) is 0 Å². The van der Waals surface area contributed by atoms with E-state index in [1.54, 1.807) is 4.90 Å². The number of benzene rings is 1. The zero-order valence-corrected chi connectivity index (χ0v) is 15.8. The molecule has 1 aromatic carbocycles. The summed E-state index contributed by atoms with van der Waals surface area (Å²) in [5, 5.41) is 13.6. The third kappa shape index (κ3) is 6.61. The molecule has 2 rings (SSSR count). The molecule has 29 heavy (non-hydrogen) atoms. The second kappa shape index (κ2) is 9.57. The number of hydrogen-bond acceptors (Lipinski definition) is 6. The van der Waals surface area contributed by atoms with Gasteiger partial charge in [-0.25, -0.2) is 0 Å². The van der Waals surface area contributed by atoms with E-state index in [0.717, 1.165) is 18.9 Å². The minimum Gasteiger partial charge on any atom is -0.456 e. The van der Waals surface area contributed by atoms with E-state index in [1.807, 2.05) is 6.92 Å². The number of esters is 1. The van der Waals surface area contributed by atoms with E-state index in [1.165, 1.54) is 0 Å². The van der Waals surface area contributed by atoms with Crippen molar-refractivity contribution in [3.8, 4) is 0 Å². The van der Waals surface area contributed by atoms with Gasteiger partial charge in [-0.1, -0.05) is 6.92 Å². The standard InChI is InChI=1S/C18H22F3N3O5/c1-12-3-2-8-23(10-12)16(25)11-29-17(26)6-7-22-14-5-4-13(18(19,20)21)9-15(14)24(27)28/h4-5,9,12,22H,2-3,6-8,10-11H2,1H3/t12-/m0/s1. The maximum atomic E-state index is 12.7. The van der Waals surface area contributed by atoms with Crippen molar-refractivity contribution >= 4 is 23.3 Å². The van der Waals surface area contributed by atoms with Crippen LogP contribution in [0.1, 0.15) is 31.7 Å². The van der Waals surface area contributed by atoms with Crippen molar-refractivity contribution in [2.75, 3.05) is 31.6 Å². The maximum Gasteiger partial charge on any atom is 0.416 e. The molecule has 0 bridgehead atoms. The third-order valence-corrected chi connectivity index (χ3v) is 4.53. The summed E-state index contributed by atoms with van der Waals surface area (Å²) in [5.74, 6) is -0.575. The Balaban J connectivity index is 1.82. The van der Waals surface area contributed by atoms with E-state index in [2.05, 4.69) is 5.32 Å². The average molecular weight is 417 g/mol. The van der Waals surface area contributed by atoms with Crippen LogP contribution in [-0.4, -0.2) is 47.9 Å². The zero-order chi connectivity index (χ0) is 21.6. The summed E-state index contributed by atoms with van der Waals surface area (Å²) in [5.41, 5.74) is -2.03. The number of nitrogens with zero attached hydrogens (tertiary/aromatic N) is 2. The second-order valence-electron chi connectivity index (χ2n) is 6.91. The highest BCUT2D eigenvalue weighted by Gasteiger charge is 2.33. The van der Waals surface area contributed by atoms with E-state index in [9.17, 15) is 32.9 Å². The highest BCUT2D eigenvalue weighted by atomic mass is 19.4.